The topological polar surface area (TPSA) is 49.6 Å². The number of hydrogen-bond donors (Lipinski definition) is 1. The lowest BCUT2D eigenvalue weighted by atomic mass is 9.86. The van der Waals surface area contributed by atoms with E-state index in [-0.39, 0.29) is 24.7 Å². The Labute approximate surface area is 125 Å². The number of nitrogens with two attached hydrogens (primary N) is 1. The number of hydrogen-bond acceptors (Lipinski definition) is 3. The minimum atomic E-state index is -2.56. The van der Waals surface area contributed by atoms with Crippen molar-refractivity contribution in [2.75, 3.05) is 39.3 Å². The molecule has 2 fully saturated rings. The zero-order chi connectivity index (χ0) is 15.3. The number of piperazine rings is 1. The molecule has 1 aliphatic heterocycles. The zero-order valence-electron chi connectivity index (χ0n) is 12.7. The highest BCUT2D eigenvalue weighted by Crippen LogP contribution is 2.36. The Balaban J connectivity index is 1.71. The molecule has 1 amide bonds. The molecule has 2 rings (SSSR count). The van der Waals surface area contributed by atoms with Gasteiger partial charge in [-0.2, -0.15) is 0 Å². The monoisotopic (exact) mass is 303 g/mol. The summed E-state index contributed by atoms with van der Waals surface area (Å²) in [5.74, 6) is -2.65. The van der Waals surface area contributed by atoms with Crippen molar-refractivity contribution < 1.29 is 13.6 Å². The van der Waals surface area contributed by atoms with Crippen LogP contribution < -0.4 is 5.73 Å². The number of alkyl halides is 2. The molecule has 6 heteroatoms. The summed E-state index contributed by atoms with van der Waals surface area (Å²) in [7, 11) is 0. The summed E-state index contributed by atoms with van der Waals surface area (Å²) >= 11 is 0. The maximum atomic E-state index is 13.1. The molecular weight excluding hydrogens is 276 g/mol. The smallest absolute Gasteiger partial charge is 0.248 e. The Kier molecular flexibility index (Phi) is 5.93. The van der Waals surface area contributed by atoms with Gasteiger partial charge in [0.1, 0.15) is 0 Å². The summed E-state index contributed by atoms with van der Waals surface area (Å²) in [6.07, 6.45) is 2.54. The molecule has 0 bridgehead atoms. The number of amides is 1. The number of nitrogens with zero attached hydrogens (tertiary/aromatic N) is 2. The first-order chi connectivity index (χ1) is 10.0. The molecule has 0 aromatic carbocycles. The van der Waals surface area contributed by atoms with Crippen molar-refractivity contribution in [3.8, 4) is 0 Å². The van der Waals surface area contributed by atoms with Gasteiger partial charge in [0.05, 0.1) is 0 Å². The first-order valence-corrected chi connectivity index (χ1v) is 8.11. The number of halogens is 2. The molecule has 0 aromatic heterocycles. The van der Waals surface area contributed by atoms with Crippen LogP contribution in [0.1, 0.15) is 38.5 Å². The van der Waals surface area contributed by atoms with Gasteiger partial charge >= 0.3 is 0 Å². The van der Waals surface area contributed by atoms with Gasteiger partial charge in [-0.1, -0.05) is 0 Å². The zero-order valence-corrected chi connectivity index (χ0v) is 12.7. The van der Waals surface area contributed by atoms with Gasteiger partial charge in [0.15, 0.2) is 0 Å². The molecule has 1 saturated heterocycles. The van der Waals surface area contributed by atoms with Gasteiger partial charge in [0.2, 0.25) is 11.8 Å². The number of rotatable bonds is 5. The average Bonchev–Trinajstić information content (AvgIpc) is 2.48. The van der Waals surface area contributed by atoms with E-state index in [2.05, 4.69) is 4.90 Å². The Morgan fingerprint density at radius 2 is 1.71 bits per heavy atom. The van der Waals surface area contributed by atoms with E-state index >= 15 is 0 Å². The predicted octanol–water partition coefficient (Wildman–Crippen LogP) is 1.69. The van der Waals surface area contributed by atoms with Gasteiger partial charge in [-0.15, -0.1) is 0 Å². The van der Waals surface area contributed by atoms with Crippen LogP contribution in [0, 0.1) is 5.92 Å². The van der Waals surface area contributed by atoms with E-state index in [0.717, 1.165) is 52.1 Å². The second-order valence-corrected chi connectivity index (χ2v) is 6.29. The van der Waals surface area contributed by atoms with Gasteiger partial charge in [0, 0.05) is 44.9 Å². The molecule has 0 unspecified atom stereocenters. The van der Waals surface area contributed by atoms with Crippen molar-refractivity contribution in [1.82, 2.24) is 9.80 Å². The number of carbonyl (C=O) groups excluding carboxylic acids is 1. The molecule has 1 saturated carbocycles. The van der Waals surface area contributed by atoms with E-state index in [4.69, 9.17) is 5.73 Å². The molecule has 0 radical (unpaired) electrons. The lowest BCUT2D eigenvalue weighted by molar-refractivity contribution is -0.141. The molecule has 4 nitrogen and oxygen atoms in total. The quantitative estimate of drug-likeness (QED) is 0.786. The first kappa shape index (κ1) is 16.6. The normalized spacial score (nSPS) is 24.2. The lowest BCUT2D eigenvalue weighted by Crippen LogP contribution is -2.51. The van der Waals surface area contributed by atoms with Gasteiger partial charge in [-0.05, 0) is 38.8 Å². The van der Waals surface area contributed by atoms with E-state index in [1.54, 1.807) is 0 Å². The van der Waals surface area contributed by atoms with Crippen LogP contribution >= 0.6 is 0 Å². The highest BCUT2D eigenvalue weighted by Gasteiger charge is 2.38. The fraction of sp³-hybridized carbons (Fsp3) is 0.933. The molecule has 21 heavy (non-hydrogen) atoms. The second kappa shape index (κ2) is 7.49. The fourth-order valence-corrected chi connectivity index (χ4v) is 3.22. The maximum Gasteiger partial charge on any atom is 0.248 e. The standard InChI is InChI=1S/C15H27F2N3O/c16-15(17)5-3-13(4-6-15)14(21)20-11-9-19(10-12-20)8-2-1-7-18/h13H,1-12,18H2. The van der Waals surface area contributed by atoms with Crippen LogP contribution in [0.3, 0.4) is 0 Å². The minimum Gasteiger partial charge on any atom is -0.340 e. The molecule has 122 valence electrons. The highest BCUT2D eigenvalue weighted by molar-refractivity contribution is 5.79. The fourth-order valence-electron chi connectivity index (χ4n) is 3.22. The van der Waals surface area contributed by atoms with E-state index < -0.39 is 5.92 Å². The van der Waals surface area contributed by atoms with Crippen LogP contribution in [0.5, 0.6) is 0 Å². The third kappa shape index (κ3) is 4.88. The number of carbonyl (C=O) groups is 1. The van der Waals surface area contributed by atoms with Crippen LogP contribution in [-0.2, 0) is 4.79 Å². The van der Waals surface area contributed by atoms with E-state index in [1.807, 2.05) is 4.90 Å². The molecule has 2 aliphatic rings. The van der Waals surface area contributed by atoms with Crippen molar-refractivity contribution in [3.05, 3.63) is 0 Å². The van der Waals surface area contributed by atoms with Crippen LogP contribution in [0.2, 0.25) is 0 Å². The summed E-state index contributed by atoms with van der Waals surface area (Å²) < 4.78 is 26.3. The third-order valence-electron chi connectivity index (χ3n) is 4.68. The summed E-state index contributed by atoms with van der Waals surface area (Å²) in [6.45, 7) is 5.00. The Hall–Kier alpha value is -0.750. The van der Waals surface area contributed by atoms with Crippen molar-refractivity contribution >= 4 is 5.91 Å². The molecular formula is C15H27F2N3O. The van der Waals surface area contributed by atoms with Crippen LogP contribution in [0.25, 0.3) is 0 Å². The summed E-state index contributed by atoms with van der Waals surface area (Å²) in [4.78, 5) is 16.6. The highest BCUT2D eigenvalue weighted by atomic mass is 19.3. The molecule has 0 aromatic rings. The summed E-state index contributed by atoms with van der Waals surface area (Å²) in [5.41, 5.74) is 5.48. The summed E-state index contributed by atoms with van der Waals surface area (Å²) in [6, 6.07) is 0. The lowest BCUT2D eigenvalue weighted by Gasteiger charge is -2.37. The van der Waals surface area contributed by atoms with Gasteiger partial charge in [-0.25, -0.2) is 8.78 Å². The Morgan fingerprint density at radius 3 is 2.29 bits per heavy atom. The number of unbranched alkanes of at least 4 members (excludes halogenated alkanes) is 1. The maximum absolute atomic E-state index is 13.1. The largest absolute Gasteiger partial charge is 0.340 e. The molecule has 1 aliphatic carbocycles. The Bertz CT molecular complexity index is 334. The summed E-state index contributed by atoms with van der Waals surface area (Å²) in [5, 5.41) is 0. The van der Waals surface area contributed by atoms with E-state index in [0.29, 0.717) is 12.8 Å². The van der Waals surface area contributed by atoms with Crippen molar-refractivity contribution in [3.63, 3.8) is 0 Å². The van der Waals surface area contributed by atoms with Crippen LogP contribution in [-0.4, -0.2) is 60.9 Å². The molecule has 0 spiro atoms. The molecule has 1 heterocycles. The van der Waals surface area contributed by atoms with E-state index in [1.165, 1.54) is 0 Å². The van der Waals surface area contributed by atoms with Crippen molar-refractivity contribution in [2.24, 2.45) is 11.7 Å². The predicted molar refractivity (Wildman–Crippen MR) is 78.2 cm³/mol. The van der Waals surface area contributed by atoms with Crippen LogP contribution in [0.15, 0.2) is 0 Å². The van der Waals surface area contributed by atoms with Gasteiger partial charge < -0.3 is 10.6 Å². The molecule has 2 N–H and O–H groups in total. The van der Waals surface area contributed by atoms with Crippen LogP contribution in [0.4, 0.5) is 8.78 Å². The Morgan fingerprint density at radius 1 is 1.10 bits per heavy atom. The van der Waals surface area contributed by atoms with Gasteiger partial charge in [-0.3, -0.25) is 9.69 Å². The average molecular weight is 303 g/mol. The first-order valence-electron chi connectivity index (χ1n) is 8.11. The van der Waals surface area contributed by atoms with Crippen molar-refractivity contribution in [2.45, 2.75) is 44.4 Å². The van der Waals surface area contributed by atoms with Crippen molar-refractivity contribution in [1.29, 1.82) is 0 Å². The third-order valence-corrected chi connectivity index (χ3v) is 4.68. The minimum absolute atomic E-state index is 0.0899. The second-order valence-electron chi connectivity index (χ2n) is 6.29. The molecule has 0 atom stereocenters. The van der Waals surface area contributed by atoms with E-state index in [9.17, 15) is 13.6 Å². The SMILES string of the molecule is NCCCCN1CCN(C(=O)C2CCC(F)(F)CC2)CC1. The van der Waals surface area contributed by atoms with Gasteiger partial charge in [0.25, 0.3) is 0 Å².